The number of hydrogen-bond donors (Lipinski definition) is 1. The van der Waals surface area contributed by atoms with Gasteiger partial charge >= 0.3 is 0 Å². The molecule has 2 aromatic rings. The van der Waals surface area contributed by atoms with Gasteiger partial charge in [0.2, 0.25) is 0 Å². The minimum Gasteiger partial charge on any atom is -0.399 e. The van der Waals surface area contributed by atoms with E-state index < -0.39 is 0 Å². The lowest BCUT2D eigenvalue weighted by atomic mass is 10.2. The molecular weight excluding hydrogens is 216 g/mol. The molecule has 3 heteroatoms. The first kappa shape index (κ1) is 11.0. The largest absolute Gasteiger partial charge is 0.399 e. The molecule has 2 N–H and O–H groups in total. The highest BCUT2D eigenvalue weighted by atomic mass is 32.2. The van der Waals surface area contributed by atoms with Crippen molar-refractivity contribution < 1.29 is 0 Å². The van der Waals surface area contributed by atoms with Gasteiger partial charge in [-0.3, -0.25) is 4.98 Å². The number of anilines is 1. The van der Waals surface area contributed by atoms with E-state index in [1.807, 2.05) is 30.6 Å². The standard InChI is InChI=1S/C13H14N2S/c1-10-5-11(8-15-7-10)9-16-13-4-2-3-12(14)6-13/h2-8H,9,14H2,1H3. The monoisotopic (exact) mass is 230 g/mol. The Labute approximate surface area is 99.9 Å². The zero-order chi connectivity index (χ0) is 11.4. The summed E-state index contributed by atoms with van der Waals surface area (Å²) in [4.78, 5) is 5.37. The van der Waals surface area contributed by atoms with Crippen molar-refractivity contribution in [1.29, 1.82) is 0 Å². The summed E-state index contributed by atoms with van der Waals surface area (Å²) in [6.45, 7) is 2.06. The summed E-state index contributed by atoms with van der Waals surface area (Å²) in [5.41, 5.74) is 8.98. The van der Waals surface area contributed by atoms with Crippen LogP contribution in [0, 0.1) is 6.92 Å². The SMILES string of the molecule is Cc1cncc(CSc2cccc(N)c2)c1. The van der Waals surface area contributed by atoms with Crippen LogP contribution >= 0.6 is 11.8 Å². The Bertz CT molecular complexity index is 437. The van der Waals surface area contributed by atoms with Crippen LogP contribution in [0.1, 0.15) is 11.1 Å². The summed E-state index contributed by atoms with van der Waals surface area (Å²) in [5.74, 6) is 0.929. The fraction of sp³-hybridized carbons (Fsp3) is 0.154. The Morgan fingerprint density at radius 1 is 1.25 bits per heavy atom. The van der Waals surface area contributed by atoms with Crippen LogP contribution in [0.5, 0.6) is 0 Å². The molecule has 0 aliphatic carbocycles. The van der Waals surface area contributed by atoms with Gasteiger partial charge in [0.1, 0.15) is 0 Å². The molecule has 82 valence electrons. The van der Waals surface area contributed by atoms with Crippen molar-refractivity contribution in [3.63, 3.8) is 0 Å². The summed E-state index contributed by atoms with van der Waals surface area (Å²) in [5, 5.41) is 0. The lowest BCUT2D eigenvalue weighted by Crippen LogP contribution is -1.86. The molecule has 0 saturated carbocycles. The van der Waals surface area contributed by atoms with E-state index in [0.29, 0.717) is 0 Å². The second-order valence-electron chi connectivity index (χ2n) is 3.73. The van der Waals surface area contributed by atoms with E-state index in [1.165, 1.54) is 16.0 Å². The number of nitrogen functional groups attached to an aromatic ring is 1. The third-order valence-corrected chi connectivity index (χ3v) is 3.26. The van der Waals surface area contributed by atoms with Crippen LogP contribution in [-0.4, -0.2) is 4.98 Å². The topological polar surface area (TPSA) is 38.9 Å². The molecule has 0 aliphatic heterocycles. The number of aryl methyl sites for hydroxylation is 1. The van der Waals surface area contributed by atoms with Crippen LogP contribution in [0.4, 0.5) is 5.69 Å². The molecular formula is C13H14N2S. The number of rotatable bonds is 3. The minimum absolute atomic E-state index is 0.812. The average Bonchev–Trinajstić information content (AvgIpc) is 2.27. The van der Waals surface area contributed by atoms with Gasteiger partial charge in [0.25, 0.3) is 0 Å². The van der Waals surface area contributed by atoms with Crippen molar-refractivity contribution >= 4 is 17.4 Å². The molecule has 1 aromatic carbocycles. The van der Waals surface area contributed by atoms with Gasteiger partial charge in [-0.15, -0.1) is 11.8 Å². The molecule has 16 heavy (non-hydrogen) atoms. The van der Waals surface area contributed by atoms with Crippen LogP contribution < -0.4 is 5.73 Å². The molecule has 0 radical (unpaired) electrons. The van der Waals surface area contributed by atoms with E-state index in [1.54, 1.807) is 11.8 Å². The summed E-state index contributed by atoms with van der Waals surface area (Å²) in [6.07, 6.45) is 3.78. The van der Waals surface area contributed by atoms with Gasteiger partial charge in [-0.05, 0) is 36.2 Å². The quantitative estimate of drug-likeness (QED) is 0.649. The predicted octanol–water partition coefficient (Wildman–Crippen LogP) is 3.26. The fourth-order valence-corrected chi connectivity index (χ4v) is 2.35. The summed E-state index contributed by atoms with van der Waals surface area (Å²) in [6, 6.07) is 10.1. The lowest BCUT2D eigenvalue weighted by molar-refractivity contribution is 1.20. The Balaban J connectivity index is 2.02. The normalized spacial score (nSPS) is 10.3. The Morgan fingerprint density at radius 2 is 2.12 bits per heavy atom. The number of benzene rings is 1. The Morgan fingerprint density at radius 3 is 2.88 bits per heavy atom. The average molecular weight is 230 g/mol. The first-order valence-electron chi connectivity index (χ1n) is 5.13. The summed E-state index contributed by atoms with van der Waals surface area (Å²) >= 11 is 1.78. The predicted molar refractivity (Wildman–Crippen MR) is 69.4 cm³/mol. The van der Waals surface area contributed by atoms with E-state index in [2.05, 4.69) is 24.0 Å². The molecule has 0 fully saturated rings. The van der Waals surface area contributed by atoms with E-state index in [0.717, 1.165) is 11.4 Å². The molecule has 1 heterocycles. The molecule has 2 nitrogen and oxygen atoms in total. The highest BCUT2D eigenvalue weighted by molar-refractivity contribution is 7.98. The second kappa shape index (κ2) is 5.03. The lowest BCUT2D eigenvalue weighted by Gasteiger charge is -2.03. The molecule has 1 aromatic heterocycles. The molecule has 0 bridgehead atoms. The van der Waals surface area contributed by atoms with Crippen molar-refractivity contribution in [1.82, 2.24) is 4.98 Å². The number of aromatic nitrogens is 1. The highest BCUT2D eigenvalue weighted by Gasteiger charge is 1.97. The van der Waals surface area contributed by atoms with Gasteiger partial charge in [0.15, 0.2) is 0 Å². The van der Waals surface area contributed by atoms with Crippen molar-refractivity contribution in [3.05, 3.63) is 53.9 Å². The number of hydrogen-bond acceptors (Lipinski definition) is 3. The number of thioether (sulfide) groups is 1. The number of nitrogens with two attached hydrogens (primary N) is 1. The highest BCUT2D eigenvalue weighted by Crippen LogP contribution is 2.24. The van der Waals surface area contributed by atoms with E-state index in [4.69, 9.17) is 5.73 Å². The first-order valence-corrected chi connectivity index (χ1v) is 6.11. The maximum absolute atomic E-state index is 5.73. The van der Waals surface area contributed by atoms with Crippen LogP contribution in [0.15, 0.2) is 47.6 Å². The van der Waals surface area contributed by atoms with Gasteiger partial charge in [0.05, 0.1) is 0 Å². The molecule has 0 unspecified atom stereocenters. The molecule has 0 amide bonds. The van der Waals surface area contributed by atoms with Crippen molar-refractivity contribution in [2.24, 2.45) is 0 Å². The third-order valence-electron chi connectivity index (χ3n) is 2.20. The summed E-state index contributed by atoms with van der Waals surface area (Å²) < 4.78 is 0. The molecule has 0 aliphatic rings. The minimum atomic E-state index is 0.812. The van der Waals surface area contributed by atoms with E-state index in [9.17, 15) is 0 Å². The third kappa shape index (κ3) is 3.00. The second-order valence-corrected chi connectivity index (χ2v) is 4.78. The maximum Gasteiger partial charge on any atom is 0.0325 e. The molecule has 0 saturated heterocycles. The van der Waals surface area contributed by atoms with Crippen LogP contribution in [0.3, 0.4) is 0 Å². The van der Waals surface area contributed by atoms with Gasteiger partial charge in [-0.25, -0.2) is 0 Å². The van der Waals surface area contributed by atoms with Crippen LogP contribution in [0.25, 0.3) is 0 Å². The van der Waals surface area contributed by atoms with E-state index >= 15 is 0 Å². The van der Waals surface area contributed by atoms with Gasteiger partial charge < -0.3 is 5.73 Å². The number of pyridine rings is 1. The maximum atomic E-state index is 5.73. The molecule has 2 rings (SSSR count). The Kier molecular flexibility index (Phi) is 3.47. The fourth-order valence-electron chi connectivity index (χ4n) is 1.47. The molecule has 0 spiro atoms. The first-order chi connectivity index (χ1) is 7.74. The smallest absolute Gasteiger partial charge is 0.0325 e. The molecule has 0 atom stereocenters. The van der Waals surface area contributed by atoms with Crippen molar-refractivity contribution in [2.45, 2.75) is 17.6 Å². The van der Waals surface area contributed by atoms with Gasteiger partial charge in [0, 0.05) is 28.7 Å². The van der Waals surface area contributed by atoms with Crippen LogP contribution in [-0.2, 0) is 5.75 Å². The van der Waals surface area contributed by atoms with E-state index in [-0.39, 0.29) is 0 Å². The zero-order valence-electron chi connectivity index (χ0n) is 9.18. The zero-order valence-corrected chi connectivity index (χ0v) is 10.00. The van der Waals surface area contributed by atoms with Gasteiger partial charge in [-0.1, -0.05) is 12.1 Å². The summed E-state index contributed by atoms with van der Waals surface area (Å²) in [7, 11) is 0. The van der Waals surface area contributed by atoms with Gasteiger partial charge in [-0.2, -0.15) is 0 Å². The van der Waals surface area contributed by atoms with Crippen LogP contribution in [0.2, 0.25) is 0 Å². The van der Waals surface area contributed by atoms with Crippen molar-refractivity contribution in [3.8, 4) is 0 Å². The number of nitrogens with zero attached hydrogens (tertiary/aromatic N) is 1. The Hall–Kier alpha value is -1.48. The van der Waals surface area contributed by atoms with Crippen molar-refractivity contribution in [2.75, 3.05) is 5.73 Å².